The van der Waals surface area contributed by atoms with Gasteiger partial charge in [0.05, 0.1) is 18.6 Å². The summed E-state index contributed by atoms with van der Waals surface area (Å²) in [5, 5.41) is 3.90. The summed E-state index contributed by atoms with van der Waals surface area (Å²) in [4.78, 5) is 15.0. The van der Waals surface area contributed by atoms with Gasteiger partial charge in [0.25, 0.3) is 0 Å². The van der Waals surface area contributed by atoms with Crippen LogP contribution in [0.4, 0.5) is 0 Å². The van der Waals surface area contributed by atoms with Crippen LogP contribution in [0.2, 0.25) is 5.02 Å². The van der Waals surface area contributed by atoms with E-state index in [-0.39, 0.29) is 17.4 Å². The van der Waals surface area contributed by atoms with Gasteiger partial charge in [0.1, 0.15) is 0 Å². The number of hydrogen-bond acceptors (Lipinski definition) is 3. The van der Waals surface area contributed by atoms with Gasteiger partial charge in [0.2, 0.25) is 5.91 Å². The van der Waals surface area contributed by atoms with Gasteiger partial charge in [-0.1, -0.05) is 23.7 Å². The second-order valence-electron chi connectivity index (χ2n) is 6.38. The zero-order valence-corrected chi connectivity index (χ0v) is 13.7. The van der Waals surface area contributed by atoms with Gasteiger partial charge >= 0.3 is 0 Å². The van der Waals surface area contributed by atoms with Crippen molar-refractivity contribution in [3.05, 3.63) is 34.9 Å². The van der Waals surface area contributed by atoms with Crippen molar-refractivity contribution in [1.29, 1.82) is 0 Å². The van der Waals surface area contributed by atoms with Gasteiger partial charge in [-0.25, -0.2) is 0 Å². The molecule has 1 aliphatic heterocycles. The summed E-state index contributed by atoms with van der Waals surface area (Å²) in [6.45, 7) is 6.42. The minimum absolute atomic E-state index is 0.148. The molecule has 1 amide bonds. The van der Waals surface area contributed by atoms with Crippen LogP contribution in [0.5, 0.6) is 0 Å². The summed E-state index contributed by atoms with van der Waals surface area (Å²) in [6.07, 6.45) is 1.84. The average Bonchev–Trinajstić information content (AvgIpc) is 3.30. The number of benzene rings is 1. The lowest BCUT2D eigenvalue weighted by atomic mass is 9.94. The van der Waals surface area contributed by atoms with Gasteiger partial charge in [-0.15, -0.1) is 0 Å². The first-order valence-electron chi connectivity index (χ1n) is 7.97. The molecule has 120 valence electrons. The number of hydrogen-bond donors (Lipinski definition) is 1. The highest BCUT2D eigenvalue weighted by molar-refractivity contribution is 6.30. The fraction of sp³-hybridized carbons (Fsp3) is 0.588. The summed E-state index contributed by atoms with van der Waals surface area (Å²) >= 11 is 5.94. The molecule has 1 heterocycles. The van der Waals surface area contributed by atoms with Gasteiger partial charge in [-0.3, -0.25) is 9.69 Å². The Hall–Kier alpha value is -1.10. The zero-order valence-electron chi connectivity index (χ0n) is 13.0. The van der Waals surface area contributed by atoms with Crippen LogP contribution in [0.1, 0.15) is 25.3 Å². The molecule has 2 fully saturated rings. The van der Waals surface area contributed by atoms with E-state index in [1.165, 1.54) is 0 Å². The van der Waals surface area contributed by atoms with Crippen LogP contribution in [0.25, 0.3) is 0 Å². The molecule has 4 nitrogen and oxygen atoms in total. The van der Waals surface area contributed by atoms with Crippen molar-refractivity contribution in [3.8, 4) is 0 Å². The van der Waals surface area contributed by atoms with E-state index in [1.807, 2.05) is 24.3 Å². The van der Waals surface area contributed by atoms with Gasteiger partial charge in [-0.2, -0.15) is 0 Å². The molecule has 0 aromatic heterocycles. The fourth-order valence-corrected chi connectivity index (χ4v) is 3.25. The second-order valence-corrected chi connectivity index (χ2v) is 6.81. The highest BCUT2D eigenvalue weighted by atomic mass is 35.5. The van der Waals surface area contributed by atoms with Crippen LogP contribution in [-0.2, 0) is 14.9 Å². The molecule has 3 rings (SSSR count). The lowest BCUT2D eigenvalue weighted by Crippen LogP contribution is -2.48. The molecule has 0 spiro atoms. The van der Waals surface area contributed by atoms with E-state index >= 15 is 0 Å². The topological polar surface area (TPSA) is 41.6 Å². The molecule has 1 aromatic rings. The number of ether oxygens (including phenoxy) is 1. The molecule has 1 saturated carbocycles. The molecule has 1 aromatic carbocycles. The molecule has 22 heavy (non-hydrogen) atoms. The predicted molar refractivity (Wildman–Crippen MR) is 87.2 cm³/mol. The van der Waals surface area contributed by atoms with E-state index in [1.54, 1.807) is 0 Å². The van der Waals surface area contributed by atoms with E-state index in [0.717, 1.165) is 51.3 Å². The second kappa shape index (κ2) is 6.57. The van der Waals surface area contributed by atoms with Crippen molar-refractivity contribution in [2.75, 3.05) is 32.8 Å². The smallest absolute Gasteiger partial charge is 0.230 e. The maximum absolute atomic E-state index is 12.7. The van der Waals surface area contributed by atoms with E-state index in [0.29, 0.717) is 5.02 Å². The molecule has 2 aliphatic rings. The van der Waals surface area contributed by atoms with E-state index < -0.39 is 0 Å². The average molecular weight is 323 g/mol. The van der Waals surface area contributed by atoms with Crippen LogP contribution < -0.4 is 5.32 Å². The minimum Gasteiger partial charge on any atom is -0.379 e. The van der Waals surface area contributed by atoms with Crippen LogP contribution in [0, 0.1) is 0 Å². The van der Waals surface area contributed by atoms with Crippen molar-refractivity contribution >= 4 is 17.5 Å². The monoisotopic (exact) mass is 322 g/mol. The SMILES string of the molecule is C[C@H](CN1CCOCC1)NC(=O)C1(c2ccc(Cl)cc2)CC1. The summed E-state index contributed by atoms with van der Waals surface area (Å²) in [6, 6.07) is 7.82. The van der Waals surface area contributed by atoms with Crippen LogP contribution >= 0.6 is 11.6 Å². The molecule has 1 atom stereocenters. The number of morpholine rings is 1. The Morgan fingerprint density at radius 1 is 1.32 bits per heavy atom. The van der Waals surface area contributed by atoms with Crippen molar-refractivity contribution in [1.82, 2.24) is 10.2 Å². The first-order valence-corrected chi connectivity index (χ1v) is 8.35. The molecule has 5 heteroatoms. The Bertz CT molecular complexity index is 522. The summed E-state index contributed by atoms with van der Waals surface area (Å²) < 4.78 is 5.35. The standard InChI is InChI=1S/C17H23ClN2O2/c1-13(12-20-8-10-22-11-9-20)19-16(21)17(6-7-17)14-2-4-15(18)5-3-14/h2-5,13H,6-12H2,1H3,(H,19,21)/t13-/m1/s1. The number of amides is 1. The Morgan fingerprint density at radius 2 is 1.95 bits per heavy atom. The van der Waals surface area contributed by atoms with Gasteiger partial charge < -0.3 is 10.1 Å². The lowest BCUT2D eigenvalue weighted by Gasteiger charge is -2.30. The molecule has 1 saturated heterocycles. The van der Waals surface area contributed by atoms with Crippen LogP contribution in [0.15, 0.2) is 24.3 Å². The van der Waals surface area contributed by atoms with Gasteiger partial charge in [-0.05, 0) is 37.5 Å². The number of nitrogens with zero attached hydrogens (tertiary/aromatic N) is 1. The number of nitrogens with one attached hydrogen (secondary N) is 1. The highest BCUT2D eigenvalue weighted by Gasteiger charge is 2.51. The maximum Gasteiger partial charge on any atom is 0.230 e. The summed E-state index contributed by atoms with van der Waals surface area (Å²) in [5.41, 5.74) is 0.747. The molecule has 1 N–H and O–H groups in total. The van der Waals surface area contributed by atoms with Gasteiger partial charge in [0.15, 0.2) is 0 Å². The third-order valence-electron chi connectivity index (χ3n) is 4.59. The molecule has 1 aliphatic carbocycles. The van der Waals surface area contributed by atoms with Gasteiger partial charge in [0, 0.05) is 30.7 Å². The fourth-order valence-electron chi connectivity index (χ4n) is 3.12. The van der Waals surface area contributed by atoms with Crippen molar-refractivity contribution in [3.63, 3.8) is 0 Å². The molecule has 0 bridgehead atoms. The Morgan fingerprint density at radius 3 is 2.55 bits per heavy atom. The molecule has 0 radical (unpaired) electrons. The first kappa shape index (κ1) is 15.8. The molecular formula is C17H23ClN2O2. The lowest BCUT2D eigenvalue weighted by molar-refractivity contribution is -0.124. The third-order valence-corrected chi connectivity index (χ3v) is 4.85. The Balaban J connectivity index is 1.57. The zero-order chi connectivity index (χ0) is 15.6. The Labute approximate surface area is 136 Å². The maximum atomic E-state index is 12.7. The van der Waals surface area contributed by atoms with Crippen molar-refractivity contribution in [2.24, 2.45) is 0 Å². The molecular weight excluding hydrogens is 300 g/mol. The highest BCUT2D eigenvalue weighted by Crippen LogP contribution is 2.48. The van der Waals surface area contributed by atoms with Crippen LogP contribution in [-0.4, -0.2) is 49.7 Å². The number of halogens is 1. The normalized spacial score (nSPS) is 22.1. The van der Waals surface area contributed by atoms with E-state index in [4.69, 9.17) is 16.3 Å². The number of rotatable bonds is 5. The number of carbonyl (C=O) groups is 1. The molecule has 0 unspecified atom stereocenters. The van der Waals surface area contributed by atoms with E-state index in [9.17, 15) is 4.79 Å². The quantitative estimate of drug-likeness (QED) is 0.903. The summed E-state index contributed by atoms with van der Waals surface area (Å²) in [7, 11) is 0. The summed E-state index contributed by atoms with van der Waals surface area (Å²) in [5.74, 6) is 0.149. The predicted octanol–water partition coefficient (Wildman–Crippen LogP) is 2.21. The van der Waals surface area contributed by atoms with Crippen LogP contribution in [0.3, 0.4) is 0 Å². The van der Waals surface area contributed by atoms with Crippen molar-refractivity contribution < 1.29 is 9.53 Å². The third kappa shape index (κ3) is 3.45. The van der Waals surface area contributed by atoms with Crippen molar-refractivity contribution in [2.45, 2.75) is 31.2 Å². The largest absolute Gasteiger partial charge is 0.379 e. The first-order chi connectivity index (χ1) is 10.6. The number of carbonyl (C=O) groups excluding carboxylic acids is 1. The Kier molecular flexibility index (Phi) is 4.71. The van der Waals surface area contributed by atoms with E-state index in [2.05, 4.69) is 17.1 Å². The minimum atomic E-state index is -0.330.